The summed E-state index contributed by atoms with van der Waals surface area (Å²) in [6.45, 7) is 7.25. The number of ether oxygens (including phenoxy) is 1. The average Bonchev–Trinajstić information content (AvgIpc) is 3.24. The van der Waals surface area contributed by atoms with Crippen molar-refractivity contribution in [3.8, 4) is 17.1 Å². The molecule has 5 nitrogen and oxygen atoms in total. The molecule has 0 aliphatic heterocycles. The summed E-state index contributed by atoms with van der Waals surface area (Å²) in [4.78, 5) is 9.41. The second kappa shape index (κ2) is 5.71. The summed E-state index contributed by atoms with van der Waals surface area (Å²) in [6, 6.07) is 1.93. The smallest absolute Gasteiger partial charge is 0.217 e. The number of hydrogen-bond acceptors (Lipinski definition) is 4. The van der Waals surface area contributed by atoms with Gasteiger partial charge in [-0.05, 0) is 25.2 Å². The number of aromatic nitrogens is 4. The summed E-state index contributed by atoms with van der Waals surface area (Å²) in [5.41, 5.74) is 1.80. The van der Waals surface area contributed by atoms with Gasteiger partial charge >= 0.3 is 0 Å². The molecule has 2 aromatic heterocycles. The van der Waals surface area contributed by atoms with Gasteiger partial charge in [0.15, 0.2) is 0 Å². The van der Waals surface area contributed by atoms with E-state index < -0.39 is 0 Å². The summed E-state index contributed by atoms with van der Waals surface area (Å²) in [5, 5.41) is 4.23. The van der Waals surface area contributed by atoms with E-state index in [1.807, 2.05) is 25.5 Å². The summed E-state index contributed by atoms with van der Waals surface area (Å²) in [7, 11) is 1.91. The number of hydrogen-bond donors (Lipinski definition) is 0. The zero-order valence-electron chi connectivity index (χ0n) is 13.8. The van der Waals surface area contributed by atoms with Crippen LogP contribution >= 0.6 is 0 Å². The molecule has 0 unspecified atom stereocenters. The molecule has 0 spiro atoms. The van der Waals surface area contributed by atoms with Crippen molar-refractivity contribution in [2.45, 2.75) is 45.4 Å². The molecule has 0 saturated heterocycles. The van der Waals surface area contributed by atoms with Crippen LogP contribution in [0.25, 0.3) is 11.3 Å². The fraction of sp³-hybridized carbons (Fsp3) is 0.588. The highest BCUT2D eigenvalue weighted by Crippen LogP contribution is 2.31. The maximum atomic E-state index is 5.90. The first-order valence-electron chi connectivity index (χ1n) is 7.99. The molecule has 0 aromatic carbocycles. The van der Waals surface area contributed by atoms with Crippen LogP contribution in [0.2, 0.25) is 0 Å². The monoisotopic (exact) mass is 300 g/mol. The third kappa shape index (κ3) is 3.29. The van der Waals surface area contributed by atoms with Gasteiger partial charge in [-0.2, -0.15) is 10.1 Å². The van der Waals surface area contributed by atoms with Crippen molar-refractivity contribution in [3.63, 3.8) is 0 Å². The van der Waals surface area contributed by atoms with Gasteiger partial charge in [0.25, 0.3) is 0 Å². The van der Waals surface area contributed by atoms with Crippen LogP contribution in [0.4, 0.5) is 0 Å². The van der Waals surface area contributed by atoms with Gasteiger partial charge in [0.2, 0.25) is 5.88 Å². The third-order valence-corrected chi connectivity index (χ3v) is 4.36. The Morgan fingerprint density at radius 2 is 2.09 bits per heavy atom. The maximum Gasteiger partial charge on any atom is 0.217 e. The Morgan fingerprint density at radius 1 is 1.32 bits per heavy atom. The SMILES string of the molecule is CCC(C)(C)c1nc(OCC2CC2)cc(-c2cnn(C)c2)n1. The Kier molecular flexibility index (Phi) is 3.89. The van der Waals surface area contributed by atoms with Crippen LogP contribution < -0.4 is 4.74 Å². The predicted molar refractivity (Wildman–Crippen MR) is 85.8 cm³/mol. The molecule has 3 rings (SSSR count). The van der Waals surface area contributed by atoms with E-state index >= 15 is 0 Å². The van der Waals surface area contributed by atoms with Gasteiger partial charge in [0.05, 0.1) is 18.5 Å². The molecule has 5 heteroatoms. The quantitative estimate of drug-likeness (QED) is 0.821. The highest BCUT2D eigenvalue weighted by molar-refractivity contribution is 5.58. The maximum absolute atomic E-state index is 5.90. The van der Waals surface area contributed by atoms with Crippen LogP contribution in [0.3, 0.4) is 0 Å². The molecule has 0 N–H and O–H groups in total. The first-order valence-corrected chi connectivity index (χ1v) is 7.99. The van der Waals surface area contributed by atoms with E-state index in [9.17, 15) is 0 Å². The van der Waals surface area contributed by atoms with E-state index in [0.29, 0.717) is 11.8 Å². The van der Waals surface area contributed by atoms with Gasteiger partial charge < -0.3 is 4.74 Å². The minimum Gasteiger partial charge on any atom is -0.477 e. The lowest BCUT2D eigenvalue weighted by atomic mass is 9.89. The van der Waals surface area contributed by atoms with Crippen LogP contribution in [-0.2, 0) is 12.5 Å². The highest BCUT2D eigenvalue weighted by atomic mass is 16.5. The van der Waals surface area contributed by atoms with Gasteiger partial charge in [-0.15, -0.1) is 0 Å². The molecule has 0 radical (unpaired) electrons. The lowest BCUT2D eigenvalue weighted by molar-refractivity contribution is 0.284. The van der Waals surface area contributed by atoms with Crippen LogP contribution in [-0.4, -0.2) is 26.4 Å². The Labute approximate surface area is 131 Å². The van der Waals surface area contributed by atoms with E-state index in [1.54, 1.807) is 4.68 Å². The molecule has 1 aliphatic carbocycles. The topological polar surface area (TPSA) is 52.8 Å². The molecule has 1 aliphatic rings. The highest BCUT2D eigenvalue weighted by Gasteiger charge is 2.25. The van der Waals surface area contributed by atoms with Crippen molar-refractivity contribution in [2.75, 3.05) is 6.61 Å². The fourth-order valence-corrected chi connectivity index (χ4v) is 2.15. The predicted octanol–water partition coefficient (Wildman–Crippen LogP) is 3.35. The summed E-state index contributed by atoms with van der Waals surface area (Å²) < 4.78 is 7.69. The second-order valence-electron chi connectivity index (χ2n) is 6.81. The molecule has 0 amide bonds. The molecule has 22 heavy (non-hydrogen) atoms. The minimum atomic E-state index is -0.0735. The number of nitrogens with zero attached hydrogens (tertiary/aromatic N) is 4. The first-order chi connectivity index (χ1) is 10.5. The van der Waals surface area contributed by atoms with E-state index in [4.69, 9.17) is 9.72 Å². The lowest BCUT2D eigenvalue weighted by Gasteiger charge is -2.22. The van der Waals surface area contributed by atoms with E-state index in [1.165, 1.54) is 12.8 Å². The summed E-state index contributed by atoms with van der Waals surface area (Å²) in [6.07, 6.45) is 7.32. The Bertz CT molecular complexity index is 658. The second-order valence-corrected chi connectivity index (χ2v) is 6.81. The van der Waals surface area contributed by atoms with Crippen LogP contribution in [0.15, 0.2) is 18.5 Å². The molecule has 1 saturated carbocycles. The average molecular weight is 300 g/mol. The molecule has 0 bridgehead atoms. The largest absolute Gasteiger partial charge is 0.477 e. The first kappa shape index (κ1) is 15.0. The Morgan fingerprint density at radius 3 is 2.68 bits per heavy atom. The van der Waals surface area contributed by atoms with Crippen LogP contribution in [0.5, 0.6) is 5.88 Å². The Balaban J connectivity index is 1.96. The van der Waals surface area contributed by atoms with E-state index in [2.05, 4.69) is 30.9 Å². The van der Waals surface area contributed by atoms with Crippen molar-refractivity contribution in [1.29, 1.82) is 0 Å². The van der Waals surface area contributed by atoms with Crippen molar-refractivity contribution < 1.29 is 4.74 Å². The fourth-order valence-electron chi connectivity index (χ4n) is 2.15. The molecule has 2 aromatic rings. The molecule has 2 heterocycles. The van der Waals surface area contributed by atoms with Crippen molar-refractivity contribution in [2.24, 2.45) is 13.0 Å². The van der Waals surface area contributed by atoms with Crippen molar-refractivity contribution in [3.05, 3.63) is 24.3 Å². The molecule has 1 fully saturated rings. The Hall–Kier alpha value is -1.91. The van der Waals surface area contributed by atoms with Gasteiger partial charge in [0.1, 0.15) is 5.82 Å². The molecule has 0 atom stereocenters. The van der Waals surface area contributed by atoms with Crippen molar-refractivity contribution in [1.82, 2.24) is 19.7 Å². The van der Waals surface area contributed by atoms with E-state index in [0.717, 1.165) is 30.1 Å². The molecular formula is C17H24N4O. The standard InChI is InChI=1S/C17H24N4O/c1-5-17(2,3)16-19-14(13-9-18-21(4)10-13)8-15(20-16)22-11-12-6-7-12/h8-10,12H,5-7,11H2,1-4H3. The molecular weight excluding hydrogens is 276 g/mol. The summed E-state index contributed by atoms with van der Waals surface area (Å²) in [5.74, 6) is 2.22. The van der Waals surface area contributed by atoms with Crippen LogP contribution in [0, 0.1) is 5.92 Å². The zero-order chi connectivity index (χ0) is 15.7. The van der Waals surface area contributed by atoms with Gasteiger partial charge in [-0.1, -0.05) is 20.8 Å². The summed E-state index contributed by atoms with van der Waals surface area (Å²) >= 11 is 0. The lowest BCUT2D eigenvalue weighted by Crippen LogP contribution is -2.20. The van der Waals surface area contributed by atoms with Gasteiger partial charge in [-0.25, -0.2) is 4.98 Å². The zero-order valence-corrected chi connectivity index (χ0v) is 13.8. The third-order valence-electron chi connectivity index (χ3n) is 4.36. The van der Waals surface area contributed by atoms with E-state index in [-0.39, 0.29) is 5.41 Å². The van der Waals surface area contributed by atoms with Gasteiger partial charge in [-0.3, -0.25) is 4.68 Å². The van der Waals surface area contributed by atoms with Crippen LogP contribution in [0.1, 0.15) is 45.9 Å². The van der Waals surface area contributed by atoms with Crippen molar-refractivity contribution >= 4 is 0 Å². The number of aryl methyl sites for hydroxylation is 1. The minimum absolute atomic E-state index is 0.0735. The number of rotatable bonds is 6. The molecule has 118 valence electrons. The van der Waals surface area contributed by atoms with Gasteiger partial charge in [0, 0.05) is 30.3 Å². The normalized spacial score (nSPS) is 15.1.